The number of anilines is 1. The maximum Gasteiger partial charge on any atom is 0.241 e. The number of likely N-dealkylation sites (tertiary alicyclic amines) is 1. The Kier molecular flexibility index (Phi) is 7.30. The lowest BCUT2D eigenvalue weighted by molar-refractivity contribution is -0.123. The summed E-state index contributed by atoms with van der Waals surface area (Å²) in [6.07, 6.45) is 0.945. The van der Waals surface area contributed by atoms with Crippen LogP contribution in [0.15, 0.2) is 18.2 Å². The second-order valence-electron chi connectivity index (χ2n) is 5.93. The molecule has 0 bridgehead atoms. The fourth-order valence-corrected chi connectivity index (χ4v) is 3.02. The average molecular weight is 329 g/mol. The summed E-state index contributed by atoms with van der Waals surface area (Å²) in [6, 6.07) is 5.58. The third-order valence-electron chi connectivity index (χ3n) is 4.19. The smallest absolute Gasteiger partial charge is 0.241 e. The van der Waals surface area contributed by atoms with Gasteiger partial charge < -0.3 is 5.32 Å². The van der Waals surface area contributed by atoms with Crippen molar-refractivity contribution in [3.8, 4) is 0 Å². The molecule has 1 N–H and O–H groups in total. The van der Waals surface area contributed by atoms with Crippen molar-refractivity contribution in [2.24, 2.45) is 0 Å². The Morgan fingerprint density at radius 1 is 1.36 bits per heavy atom. The zero-order valence-electron chi connectivity index (χ0n) is 13.6. The van der Waals surface area contributed by atoms with E-state index in [1.54, 1.807) is 0 Å². The Balaban J connectivity index is 0.00000242. The van der Waals surface area contributed by atoms with Crippen LogP contribution in [0.1, 0.15) is 37.3 Å². The molecule has 1 aliphatic heterocycles. The van der Waals surface area contributed by atoms with Gasteiger partial charge in [-0.1, -0.05) is 25.1 Å². The lowest BCUT2D eigenvalue weighted by Gasteiger charge is -2.36. The van der Waals surface area contributed by atoms with Crippen LogP contribution >= 0.6 is 12.4 Å². The minimum atomic E-state index is -0.869. The summed E-state index contributed by atoms with van der Waals surface area (Å²) in [4.78, 5) is 14.7. The highest BCUT2D eigenvalue weighted by Gasteiger charge is 2.33. The number of para-hydroxylation sites is 1. The Morgan fingerprint density at radius 2 is 2.00 bits per heavy atom. The van der Waals surface area contributed by atoms with Gasteiger partial charge in [-0.2, -0.15) is 0 Å². The van der Waals surface area contributed by atoms with Crippen LogP contribution in [0.25, 0.3) is 0 Å². The molecule has 124 valence electrons. The molecule has 5 heteroatoms. The minimum Gasteiger partial charge on any atom is -0.324 e. The van der Waals surface area contributed by atoms with E-state index in [9.17, 15) is 9.18 Å². The predicted octanol–water partition coefficient (Wildman–Crippen LogP) is 3.88. The average Bonchev–Trinajstić information content (AvgIpc) is 2.45. The van der Waals surface area contributed by atoms with Crippen molar-refractivity contribution in [1.29, 1.82) is 0 Å². The van der Waals surface area contributed by atoms with Gasteiger partial charge in [-0.3, -0.25) is 9.69 Å². The van der Waals surface area contributed by atoms with Gasteiger partial charge in [0, 0.05) is 18.7 Å². The fourth-order valence-electron chi connectivity index (χ4n) is 3.02. The van der Waals surface area contributed by atoms with Gasteiger partial charge in [-0.05, 0) is 44.4 Å². The molecule has 1 aliphatic rings. The summed E-state index contributed by atoms with van der Waals surface area (Å²) in [5, 5.41) is 3.01. The van der Waals surface area contributed by atoms with Crippen LogP contribution in [0.5, 0.6) is 0 Å². The molecular weight excluding hydrogens is 303 g/mol. The van der Waals surface area contributed by atoms with Crippen molar-refractivity contribution < 1.29 is 9.18 Å². The summed E-state index contributed by atoms with van der Waals surface area (Å²) >= 11 is 0. The van der Waals surface area contributed by atoms with Gasteiger partial charge in [0.25, 0.3) is 0 Å². The second-order valence-corrected chi connectivity index (χ2v) is 5.93. The number of rotatable bonds is 4. The number of benzene rings is 1. The quantitative estimate of drug-likeness (QED) is 0.909. The number of carbonyl (C=O) groups excluding carboxylic acids is 1. The van der Waals surface area contributed by atoms with Gasteiger partial charge in [0.05, 0.1) is 6.04 Å². The summed E-state index contributed by atoms with van der Waals surface area (Å²) in [5.74, 6) is -0.0804. The Bertz CT molecular complexity index is 489. The van der Waals surface area contributed by atoms with Crippen LogP contribution in [0.4, 0.5) is 10.1 Å². The summed E-state index contributed by atoms with van der Waals surface area (Å²) in [7, 11) is 0. The molecular formula is C17H26ClFN2O. The summed E-state index contributed by atoms with van der Waals surface area (Å²) in [5.41, 5.74) is 2.94. The standard InChI is InChI=1S/C17H25FN2O.ClH/c1-4-9-20-10-8-14(18)11-15(20)17(21)19-16-12(2)6-5-7-13(16)3;/h5-7,14-15H,4,8-11H2,1-3H3,(H,19,21);1H/t14-,15-;/m0./s1. The molecule has 2 atom stereocenters. The first-order valence-corrected chi connectivity index (χ1v) is 7.78. The first kappa shape index (κ1) is 18.9. The lowest BCUT2D eigenvalue weighted by atomic mass is 9.99. The molecule has 0 radical (unpaired) electrons. The number of piperidine rings is 1. The van der Waals surface area contributed by atoms with Crippen molar-refractivity contribution in [3.63, 3.8) is 0 Å². The molecule has 22 heavy (non-hydrogen) atoms. The Hall–Kier alpha value is -1.13. The molecule has 1 aromatic rings. The molecule has 1 heterocycles. The normalized spacial score (nSPS) is 22.0. The number of nitrogens with zero attached hydrogens (tertiary/aromatic N) is 1. The Labute approximate surface area is 138 Å². The van der Waals surface area contributed by atoms with Gasteiger partial charge in [-0.15, -0.1) is 12.4 Å². The zero-order chi connectivity index (χ0) is 15.4. The molecule has 0 unspecified atom stereocenters. The van der Waals surface area contributed by atoms with Gasteiger partial charge >= 0.3 is 0 Å². The van der Waals surface area contributed by atoms with Crippen LogP contribution in [0, 0.1) is 13.8 Å². The number of aryl methyl sites for hydroxylation is 2. The monoisotopic (exact) mass is 328 g/mol. The Morgan fingerprint density at radius 3 is 2.59 bits per heavy atom. The molecule has 1 fully saturated rings. The largest absolute Gasteiger partial charge is 0.324 e. The fraction of sp³-hybridized carbons (Fsp3) is 0.588. The number of hydrogen-bond acceptors (Lipinski definition) is 2. The van der Waals surface area contributed by atoms with Gasteiger partial charge in [-0.25, -0.2) is 4.39 Å². The van der Waals surface area contributed by atoms with E-state index in [2.05, 4.69) is 17.1 Å². The molecule has 2 rings (SSSR count). The third kappa shape index (κ3) is 4.43. The first-order chi connectivity index (χ1) is 10.0. The van der Waals surface area contributed by atoms with E-state index in [1.807, 2.05) is 32.0 Å². The highest BCUT2D eigenvalue weighted by atomic mass is 35.5. The molecule has 1 amide bonds. The molecule has 0 saturated carbocycles. The highest BCUT2D eigenvalue weighted by molar-refractivity contribution is 5.96. The van der Waals surface area contributed by atoms with Crippen molar-refractivity contribution in [2.45, 2.75) is 52.2 Å². The van der Waals surface area contributed by atoms with E-state index < -0.39 is 6.17 Å². The van der Waals surface area contributed by atoms with Gasteiger partial charge in [0.2, 0.25) is 5.91 Å². The predicted molar refractivity (Wildman–Crippen MR) is 91.6 cm³/mol. The van der Waals surface area contributed by atoms with Crippen LogP contribution < -0.4 is 5.32 Å². The van der Waals surface area contributed by atoms with Crippen LogP contribution in [-0.4, -0.2) is 36.1 Å². The summed E-state index contributed by atoms with van der Waals surface area (Å²) < 4.78 is 13.7. The van der Waals surface area contributed by atoms with Crippen LogP contribution in [0.2, 0.25) is 0 Å². The van der Waals surface area contributed by atoms with Gasteiger partial charge in [0.15, 0.2) is 0 Å². The van der Waals surface area contributed by atoms with E-state index in [1.165, 1.54) is 0 Å². The first-order valence-electron chi connectivity index (χ1n) is 7.78. The van der Waals surface area contributed by atoms with E-state index in [-0.39, 0.29) is 24.4 Å². The maximum absolute atomic E-state index is 13.7. The molecule has 0 aromatic heterocycles. The number of nitrogens with one attached hydrogen (secondary N) is 1. The summed E-state index contributed by atoms with van der Waals surface area (Å²) in [6.45, 7) is 7.55. The topological polar surface area (TPSA) is 32.3 Å². The van der Waals surface area contributed by atoms with Crippen molar-refractivity contribution in [3.05, 3.63) is 29.3 Å². The lowest BCUT2D eigenvalue weighted by Crippen LogP contribution is -2.50. The zero-order valence-corrected chi connectivity index (χ0v) is 14.4. The maximum atomic E-state index is 13.7. The van der Waals surface area contributed by atoms with Crippen LogP contribution in [-0.2, 0) is 4.79 Å². The third-order valence-corrected chi connectivity index (χ3v) is 4.19. The SMILES string of the molecule is CCCN1CC[C@H](F)C[C@H]1C(=O)Nc1c(C)cccc1C.Cl. The van der Waals surface area contributed by atoms with Crippen LogP contribution in [0.3, 0.4) is 0 Å². The number of hydrogen-bond donors (Lipinski definition) is 1. The number of halogens is 2. The number of amides is 1. The molecule has 0 aliphatic carbocycles. The van der Waals surface area contributed by atoms with Crippen molar-refractivity contribution >= 4 is 24.0 Å². The molecule has 0 spiro atoms. The van der Waals surface area contributed by atoms with Crippen molar-refractivity contribution in [1.82, 2.24) is 4.90 Å². The molecule has 3 nitrogen and oxygen atoms in total. The minimum absolute atomic E-state index is 0. The second kappa shape index (κ2) is 8.49. The van der Waals surface area contributed by atoms with Gasteiger partial charge in [0.1, 0.15) is 6.17 Å². The van der Waals surface area contributed by atoms with E-state index in [0.717, 1.165) is 29.8 Å². The molecule has 1 aromatic carbocycles. The van der Waals surface area contributed by atoms with E-state index >= 15 is 0 Å². The number of alkyl halides is 1. The van der Waals surface area contributed by atoms with E-state index in [4.69, 9.17) is 0 Å². The highest BCUT2D eigenvalue weighted by Crippen LogP contribution is 2.24. The van der Waals surface area contributed by atoms with E-state index in [0.29, 0.717) is 19.4 Å². The van der Waals surface area contributed by atoms with Crippen molar-refractivity contribution in [2.75, 3.05) is 18.4 Å². The number of carbonyl (C=O) groups is 1. The molecule has 1 saturated heterocycles.